The molecule has 0 atom stereocenters. The molecule has 1 amide bonds. The number of allylic oxidation sites excluding steroid dienone is 4. The zero-order chi connectivity index (χ0) is 31.7. The van der Waals surface area contributed by atoms with E-state index in [4.69, 9.17) is 28.4 Å². The predicted octanol–water partition coefficient (Wildman–Crippen LogP) is 4.58. The number of amides is 1. The fourth-order valence-corrected chi connectivity index (χ4v) is 3.46. The molecular formula is C32H31NO11. The molecule has 12 heteroatoms. The molecule has 2 aromatic rings. The molecule has 0 saturated heterocycles. The van der Waals surface area contributed by atoms with Crippen LogP contribution in [0.1, 0.15) is 40.0 Å². The highest BCUT2D eigenvalue weighted by Gasteiger charge is 2.17. The van der Waals surface area contributed by atoms with Gasteiger partial charge in [0.2, 0.25) is 0 Å². The van der Waals surface area contributed by atoms with Crippen molar-refractivity contribution in [3.63, 3.8) is 0 Å². The van der Waals surface area contributed by atoms with Crippen molar-refractivity contribution in [2.24, 2.45) is 0 Å². The molecule has 0 radical (unpaired) electrons. The van der Waals surface area contributed by atoms with Gasteiger partial charge in [-0.15, -0.1) is 0 Å². The van der Waals surface area contributed by atoms with E-state index in [1.54, 1.807) is 36.4 Å². The molecule has 1 aliphatic rings. The molecule has 1 N–H and O–H groups in total. The topological polar surface area (TPSA) is 153 Å². The van der Waals surface area contributed by atoms with Crippen LogP contribution < -0.4 is 14.8 Å². The maximum absolute atomic E-state index is 12.5. The molecule has 0 spiro atoms. The highest BCUT2D eigenvalue weighted by atomic mass is 16.6. The predicted molar refractivity (Wildman–Crippen MR) is 156 cm³/mol. The van der Waals surface area contributed by atoms with E-state index in [0.717, 1.165) is 12.2 Å². The Balaban J connectivity index is 1.40. The first-order valence-electron chi connectivity index (χ1n) is 13.5. The van der Waals surface area contributed by atoms with E-state index in [2.05, 4.69) is 18.5 Å². The van der Waals surface area contributed by atoms with Gasteiger partial charge in [-0.1, -0.05) is 13.2 Å². The minimum Gasteiger partial charge on any atom is -0.493 e. The van der Waals surface area contributed by atoms with Crippen molar-refractivity contribution >= 4 is 30.0 Å². The normalized spacial score (nSPS) is 11.9. The van der Waals surface area contributed by atoms with Crippen LogP contribution in [0, 0.1) is 0 Å². The first-order chi connectivity index (χ1) is 21.3. The van der Waals surface area contributed by atoms with Gasteiger partial charge in [0.15, 0.2) is 0 Å². The van der Waals surface area contributed by atoms with Gasteiger partial charge in [0.05, 0.1) is 30.9 Å². The lowest BCUT2D eigenvalue weighted by Crippen LogP contribution is -2.30. The van der Waals surface area contributed by atoms with Crippen LogP contribution in [0.4, 0.5) is 4.79 Å². The smallest absolute Gasteiger partial charge is 0.412 e. The lowest BCUT2D eigenvalue weighted by molar-refractivity contribution is -0.138. The van der Waals surface area contributed by atoms with E-state index in [-0.39, 0.29) is 31.1 Å². The van der Waals surface area contributed by atoms with Crippen molar-refractivity contribution in [3.05, 3.63) is 109 Å². The Labute approximate surface area is 253 Å². The van der Waals surface area contributed by atoms with Crippen LogP contribution in [0.25, 0.3) is 0 Å². The molecule has 0 aliphatic heterocycles. The summed E-state index contributed by atoms with van der Waals surface area (Å²) in [5.41, 5.74) is 0.568. The summed E-state index contributed by atoms with van der Waals surface area (Å²) in [6.07, 6.45) is 5.66. The third-order valence-electron chi connectivity index (χ3n) is 5.66. The number of hydrogen-bond donors (Lipinski definition) is 1. The van der Waals surface area contributed by atoms with Crippen molar-refractivity contribution in [1.29, 1.82) is 0 Å². The Morgan fingerprint density at radius 3 is 1.66 bits per heavy atom. The van der Waals surface area contributed by atoms with Crippen molar-refractivity contribution in [3.8, 4) is 11.5 Å². The second-order valence-electron chi connectivity index (χ2n) is 8.86. The molecule has 0 heterocycles. The third-order valence-corrected chi connectivity index (χ3v) is 5.66. The second-order valence-corrected chi connectivity index (χ2v) is 8.86. The van der Waals surface area contributed by atoms with Crippen LogP contribution in [-0.2, 0) is 28.5 Å². The molecule has 0 unspecified atom stereocenters. The fourth-order valence-electron chi connectivity index (χ4n) is 3.46. The van der Waals surface area contributed by atoms with E-state index in [0.29, 0.717) is 48.7 Å². The second kappa shape index (κ2) is 17.3. The Morgan fingerprint density at radius 1 is 0.659 bits per heavy atom. The standard InChI is InChI=1S/C32H31NO11/c1-3-28(34)40-20-5-19-39-24-10-6-22(7-11-24)30(36)42-25-14-16-26(17-15-25)43-31(37)23-8-12-27(13-9-23)44-32(38)33-18-21-41-29(35)4-2/h3-4,6-14,16H,1-2,5,15,17-21H2,(H,33,38). The molecule has 230 valence electrons. The van der Waals surface area contributed by atoms with Crippen LogP contribution in [0.2, 0.25) is 0 Å². The van der Waals surface area contributed by atoms with Gasteiger partial charge in [-0.25, -0.2) is 24.0 Å². The van der Waals surface area contributed by atoms with Crippen molar-refractivity contribution in [1.82, 2.24) is 5.32 Å². The van der Waals surface area contributed by atoms with E-state index in [1.807, 2.05) is 0 Å². The number of carbonyl (C=O) groups excluding carboxylic acids is 5. The van der Waals surface area contributed by atoms with Crippen LogP contribution in [0.3, 0.4) is 0 Å². The van der Waals surface area contributed by atoms with Gasteiger partial charge < -0.3 is 33.7 Å². The molecule has 0 bridgehead atoms. The number of nitrogens with one attached hydrogen (secondary N) is 1. The quantitative estimate of drug-likeness (QED) is 0.131. The molecule has 1 aliphatic carbocycles. The first kappa shape index (κ1) is 32.9. The van der Waals surface area contributed by atoms with E-state index in [1.165, 1.54) is 24.3 Å². The molecule has 0 aromatic heterocycles. The van der Waals surface area contributed by atoms with Crippen LogP contribution in [-0.4, -0.2) is 56.3 Å². The largest absolute Gasteiger partial charge is 0.493 e. The summed E-state index contributed by atoms with van der Waals surface area (Å²) in [7, 11) is 0. The van der Waals surface area contributed by atoms with E-state index < -0.39 is 30.0 Å². The van der Waals surface area contributed by atoms with Crippen LogP contribution in [0.15, 0.2) is 97.5 Å². The van der Waals surface area contributed by atoms with Crippen molar-refractivity contribution < 1.29 is 52.4 Å². The molecule has 2 aromatic carbocycles. The van der Waals surface area contributed by atoms with Crippen LogP contribution >= 0.6 is 0 Å². The number of carbonyl (C=O) groups is 5. The minimum absolute atomic E-state index is 0.0371. The average molecular weight is 606 g/mol. The minimum atomic E-state index is -0.755. The van der Waals surface area contributed by atoms with Gasteiger partial charge in [0.1, 0.15) is 29.6 Å². The van der Waals surface area contributed by atoms with Gasteiger partial charge >= 0.3 is 30.0 Å². The third kappa shape index (κ3) is 11.3. The Hall–Kier alpha value is -5.65. The van der Waals surface area contributed by atoms with Crippen molar-refractivity contribution in [2.45, 2.75) is 19.3 Å². The highest BCUT2D eigenvalue weighted by molar-refractivity contribution is 5.91. The molecule has 3 rings (SSSR count). The summed E-state index contributed by atoms with van der Waals surface area (Å²) < 4.78 is 31.2. The first-order valence-corrected chi connectivity index (χ1v) is 13.5. The lowest BCUT2D eigenvalue weighted by Gasteiger charge is -2.15. The maximum Gasteiger partial charge on any atom is 0.412 e. The fraction of sp³-hybridized carbons (Fsp3) is 0.219. The zero-order valence-electron chi connectivity index (χ0n) is 23.8. The summed E-state index contributed by atoms with van der Waals surface area (Å²) in [5.74, 6) is -0.676. The van der Waals surface area contributed by atoms with Crippen LogP contribution in [0.5, 0.6) is 11.5 Å². The molecule has 0 fully saturated rings. The number of hydrogen-bond acceptors (Lipinski definition) is 11. The molecule has 0 saturated carbocycles. The van der Waals surface area contributed by atoms with Gasteiger partial charge in [-0.2, -0.15) is 0 Å². The van der Waals surface area contributed by atoms with E-state index >= 15 is 0 Å². The summed E-state index contributed by atoms with van der Waals surface area (Å²) in [6, 6.07) is 12.2. The zero-order valence-corrected chi connectivity index (χ0v) is 23.8. The van der Waals surface area contributed by atoms with E-state index in [9.17, 15) is 24.0 Å². The SMILES string of the molecule is C=CC(=O)OCCCOc1ccc(C(=O)OC2=CC=C(OC(=O)c3ccc(OC(=O)NCCOC(=O)C=C)cc3)CC2)cc1. The monoisotopic (exact) mass is 605 g/mol. The number of rotatable bonds is 15. The Kier molecular flexibility index (Phi) is 12.9. The molecule has 44 heavy (non-hydrogen) atoms. The van der Waals surface area contributed by atoms with Gasteiger partial charge in [0.25, 0.3) is 0 Å². The number of ether oxygens (including phenoxy) is 6. The van der Waals surface area contributed by atoms with Gasteiger partial charge in [0, 0.05) is 31.4 Å². The summed E-state index contributed by atoms with van der Waals surface area (Å²) in [5, 5.41) is 2.42. The number of esters is 4. The summed E-state index contributed by atoms with van der Waals surface area (Å²) >= 11 is 0. The Bertz CT molecular complexity index is 1420. The van der Waals surface area contributed by atoms with Gasteiger partial charge in [-0.3, -0.25) is 0 Å². The highest BCUT2D eigenvalue weighted by Crippen LogP contribution is 2.23. The Morgan fingerprint density at radius 2 is 1.16 bits per heavy atom. The maximum atomic E-state index is 12.5. The van der Waals surface area contributed by atoms with Gasteiger partial charge in [-0.05, 0) is 60.7 Å². The molecular weight excluding hydrogens is 574 g/mol. The molecule has 12 nitrogen and oxygen atoms in total. The summed E-state index contributed by atoms with van der Waals surface area (Å²) in [4.78, 5) is 58.9. The number of benzene rings is 2. The van der Waals surface area contributed by atoms with Crippen molar-refractivity contribution in [2.75, 3.05) is 26.4 Å². The lowest BCUT2D eigenvalue weighted by atomic mass is 10.1. The summed E-state index contributed by atoms with van der Waals surface area (Å²) in [6.45, 7) is 7.15. The average Bonchev–Trinajstić information content (AvgIpc) is 3.04.